The Morgan fingerprint density at radius 1 is 1.79 bits per heavy atom. The van der Waals surface area contributed by atoms with Crippen molar-refractivity contribution in [3.8, 4) is 0 Å². The van der Waals surface area contributed by atoms with Gasteiger partial charge in [0.2, 0.25) is 0 Å². The van der Waals surface area contributed by atoms with E-state index in [-0.39, 0.29) is 24.9 Å². The highest BCUT2D eigenvalue weighted by Crippen LogP contribution is 2.10. The van der Waals surface area contributed by atoms with Crippen molar-refractivity contribution in [1.82, 2.24) is 5.06 Å². The maximum absolute atomic E-state index is 11.3. The molecule has 1 fully saturated rings. The van der Waals surface area contributed by atoms with Crippen LogP contribution in [0.4, 0.5) is 0 Å². The van der Waals surface area contributed by atoms with E-state index < -0.39 is 18.1 Å². The highest BCUT2D eigenvalue weighted by Gasteiger charge is 2.39. The summed E-state index contributed by atoms with van der Waals surface area (Å²) in [7, 11) is 1.26. The Hall–Kier alpha value is -0.850. The van der Waals surface area contributed by atoms with Gasteiger partial charge in [-0.3, -0.25) is 9.63 Å². The van der Waals surface area contributed by atoms with Gasteiger partial charge >= 0.3 is 11.9 Å². The molecule has 0 aromatic carbocycles. The first-order valence-corrected chi connectivity index (χ1v) is 3.94. The molecule has 1 amide bonds. The normalized spacial score (nSPS) is 22.9. The van der Waals surface area contributed by atoms with Gasteiger partial charge in [-0.15, -0.1) is 0 Å². The topological polar surface area (TPSA) is 83.5 Å². The maximum Gasteiger partial charge on any atom is 0.330 e. The summed E-state index contributed by atoms with van der Waals surface area (Å²) in [5.74, 6) is -0.777. The number of rotatable bonds is 2. The molecule has 0 radical (unpaired) electrons. The molecule has 0 spiro atoms. The van der Waals surface area contributed by atoms with Gasteiger partial charge in [0, 0.05) is 0 Å². The molecule has 1 heterocycles. The zero-order chi connectivity index (χ0) is 10.0. The van der Waals surface area contributed by atoms with Gasteiger partial charge in [-0.05, 0) is 6.92 Å². The van der Waals surface area contributed by atoms with E-state index in [0.29, 0.717) is 0 Å². The van der Waals surface area contributed by atoms with Gasteiger partial charge in [0.1, 0.15) is 6.61 Å². The van der Waals surface area contributed by atoms with Crippen molar-refractivity contribution in [2.24, 2.45) is 0 Å². The minimum Gasteiger partial charge on any atom is -1.00 e. The van der Waals surface area contributed by atoms with E-state index in [4.69, 9.17) is 4.84 Å². The molecule has 82 valence electrons. The monoisotopic (exact) mass is 224 g/mol. The van der Waals surface area contributed by atoms with E-state index in [2.05, 4.69) is 10.5 Å². The van der Waals surface area contributed by atoms with Gasteiger partial charge in [-0.2, -0.15) is 0 Å². The fourth-order valence-corrected chi connectivity index (χ4v) is 1.05. The Bertz CT molecular complexity index is 236. The molecule has 1 aliphatic heterocycles. The summed E-state index contributed by atoms with van der Waals surface area (Å²) in [6, 6.07) is -1.13. The smallest absolute Gasteiger partial charge is 0.330 e. The summed E-state index contributed by atoms with van der Waals surface area (Å²) in [6.07, 6.45) is 0. The first kappa shape index (κ1) is 13.2. The Labute approximate surface area is 87.7 Å². The SMILES string of the molecule is COC(=O)C(C)N1OCC([NH3+])C1=O.[Cl-]. The predicted octanol–water partition coefficient (Wildman–Crippen LogP) is -5.06. The summed E-state index contributed by atoms with van der Waals surface area (Å²) < 4.78 is 4.47. The van der Waals surface area contributed by atoms with E-state index in [9.17, 15) is 9.59 Å². The lowest BCUT2D eigenvalue weighted by atomic mass is 10.3. The van der Waals surface area contributed by atoms with Crippen LogP contribution in [0, 0.1) is 0 Å². The molecule has 7 heteroatoms. The Kier molecular flexibility index (Phi) is 4.82. The molecule has 0 aliphatic carbocycles. The van der Waals surface area contributed by atoms with Crippen LogP contribution in [0.1, 0.15) is 6.92 Å². The molecule has 1 rings (SSSR count). The second-order valence-electron chi connectivity index (χ2n) is 2.86. The number of hydroxylamine groups is 2. The zero-order valence-corrected chi connectivity index (χ0v) is 8.78. The highest BCUT2D eigenvalue weighted by molar-refractivity contribution is 5.86. The third kappa shape index (κ3) is 2.34. The Morgan fingerprint density at radius 2 is 2.36 bits per heavy atom. The average Bonchev–Trinajstić information content (AvgIpc) is 2.45. The molecule has 1 aliphatic rings. The molecule has 14 heavy (non-hydrogen) atoms. The predicted molar refractivity (Wildman–Crippen MR) is 41.0 cm³/mol. The number of quaternary nitrogens is 1. The van der Waals surface area contributed by atoms with E-state index in [1.165, 1.54) is 7.11 Å². The Balaban J connectivity index is 0.00000169. The highest BCUT2D eigenvalue weighted by atomic mass is 35.5. The van der Waals surface area contributed by atoms with Crippen LogP contribution in [-0.4, -0.2) is 42.7 Å². The number of methoxy groups -OCH3 is 1. The van der Waals surface area contributed by atoms with E-state index in [1.807, 2.05) is 0 Å². The first-order chi connectivity index (χ1) is 6.07. The number of ether oxygens (including phenoxy) is 1. The van der Waals surface area contributed by atoms with E-state index in [0.717, 1.165) is 5.06 Å². The van der Waals surface area contributed by atoms with E-state index >= 15 is 0 Å². The van der Waals surface area contributed by atoms with Crippen LogP contribution in [0.25, 0.3) is 0 Å². The molecular weight excluding hydrogens is 212 g/mol. The zero-order valence-electron chi connectivity index (χ0n) is 8.03. The number of carbonyl (C=O) groups excluding carboxylic acids is 2. The number of hydrogen-bond acceptors (Lipinski definition) is 4. The summed E-state index contributed by atoms with van der Waals surface area (Å²) in [6.45, 7) is 1.77. The van der Waals surface area contributed by atoms with Crippen molar-refractivity contribution in [3.63, 3.8) is 0 Å². The summed E-state index contributed by atoms with van der Waals surface area (Å²) in [5, 5.41) is 1.02. The van der Waals surface area contributed by atoms with E-state index in [1.54, 1.807) is 6.92 Å². The molecule has 3 N–H and O–H groups in total. The quantitative estimate of drug-likeness (QED) is 0.476. The molecule has 6 nitrogen and oxygen atoms in total. The molecular formula is C7H13ClN2O4. The van der Waals surface area contributed by atoms with Gasteiger partial charge in [0.15, 0.2) is 12.1 Å². The van der Waals surface area contributed by atoms with Gasteiger partial charge in [0.25, 0.3) is 0 Å². The van der Waals surface area contributed by atoms with Crippen molar-refractivity contribution in [2.45, 2.75) is 19.0 Å². The van der Waals surface area contributed by atoms with Crippen LogP contribution in [0.15, 0.2) is 0 Å². The second-order valence-corrected chi connectivity index (χ2v) is 2.86. The van der Waals surface area contributed by atoms with Crippen LogP contribution in [-0.2, 0) is 19.2 Å². The van der Waals surface area contributed by atoms with Gasteiger partial charge in [-0.25, -0.2) is 9.86 Å². The summed E-state index contributed by atoms with van der Waals surface area (Å²) in [4.78, 5) is 27.3. The molecule has 0 saturated carbocycles. The largest absolute Gasteiger partial charge is 1.00 e. The summed E-state index contributed by atoms with van der Waals surface area (Å²) >= 11 is 0. The number of carbonyl (C=O) groups is 2. The molecule has 1 saturated heterocycles. The molecule has 0 bridgehead atoms. The van der Waals surface area contributed by atoms with Gasteiger partial charge in [-0.1, -0.05) is 0 Å². The van der Waals surface area contributed by atoms with Crippen LogP contribution < -0.4 is 18.1 Å². The van der Waals surface area contributed by atoms with Crippen molar-refractivity contribution in [1.29, 1.82) is 0 Å². The van der Waals surface area contributed by atoms with Crippen LogP contribution in [0.3, 0.4) is 0 Å². The standard InChI is InChI=1S/C7H12N2O4.ClH/c1-4(7(11)12-2)9-6(10)5(8)3-13-9;/h4-5H,3,8H2,1-2H3;1H. The van der Waals surface area contributed by atoms with Crippen molar-refractivity contribution >= 4 is 11.9 Å². The van der Waals surface area contributed by atoms with Crippen LogP contribution in [0.2, 0.25) is 0 Å². The first-order valence-electron chi connectivity index (χ1n) is 3.94. The number of hydrogen-bond donors (Lipinski definition) is 1. The van der Waals surface area contributed by atoms with Crippen molar-refractivity contribution in [3.05, 3.63) is 0 Å². The lowest BCUT2D eigenvalue weighted by Crippen LogP contribution is -3.00. The minimum atomic E-state index is -0.704. The fourth-order valence-electron chi connectivity index (χ4n) is 1.05. The van der Waals surface area contributed by atoms with Crippen molar-refractivity contribution < 1.29 is 37.3 Å². The average molecular weight is 225 g/mol. The second kappa shape index (κ2) is 5.14. The maximum atomic E-state index is 11.3. The van der Waals surface area contributed by atoms with Crippen molar-refractivity contribution in [2.75, 3.05) is 13.7 Å². The number of nitrogens with zero attached hydrogens (tertiary/aromatic N) is 1. The van der Waals surface area contributed by atoms with Gasteiger partial charge < -0.3 is 22.9 Å². The van der Waals surface area contributed by atoms with Crippen LogP contribution >= 0.6 is 0 Å². The Morgan fingerprint density at radius 3 is 2.71 bits per heavy atom. The van der Waals surface area contributed by atoms with Crippen LogP contribution in [0.5, 0.6) is 0 Å². The van der Waals surface area contributed by atoms with Gasteiger partial charge in [0.05, 0.1) is 7.11 Å². The minimum absolute atomic E-state index is 0. The molecule has 0 aromatic heterocycles. The molecule has 0 aromatic rings. The summed E-state index contributed by atoms with van der Waals surface area (Å²) in [5.41, 5.74) is 3.57. The third-order valence-corrected chi connectivity index (χ3v) is 1.88. The lowest BCUT2D eigenvalue weighted by Gasteiger charge is -2.18. The molecule has 2 atom stereocenters. The third-order valence-electron chi connectivity index (χ3n) is 1.88. The lowest BCUT2D eigenvalue weighted by molar-refractivity contribution is -0.402. The molecule has 2 unspecified atom stereocenters. The number of amides is 1. The fraction of sp³-hybridized carbons (Fsp3) is 0.714. The number of esters is 1. The number of halogens is 1.